The first-order valence-electron chi connectivity index (χ1n) is 8.01. The van der Waals surface area contributed by atoms with Gasteiger partial charge in [-0.25, -0.2) is 13.7 Å². The van der Waals surface area contributed by atoms with Crippen molar-refractivity contribution in [2.75, 3.05) is 6.61 Å². The molecule has 6 atom stereocenters. The van der Waals surface area contributed by atoms with Crippen molar-refractivity contribution < 1.29 is 65.8 Å². The van der Waals surface area contributed by atoms with E-state index in [2.05, 4.69) is 28.1 Å². The van der Waals surface area contributed by atoms with Crippen LogP contribution in [0.25, 0.3) is 11.2 Å². The van der Waals surface area contributed by atoms with Crippen LogP contribution >= 0.6 is 35.7 Å². The Morgan fingerprint density at radius 2 is 1.78 bits per heavy atom. The molecular weight excluding hydrogens is 528 g/mol. The maximum Gasteiger partial charge on any atom is 0.490 e. The predicted octanol–water partition coefficient (Wildman–Crippen LogP) is -0.410. The number of aromatic nitrogens is 4. The summed E-state index contributed by atoms with van der Waals surface area (Å²) in [5.74, 6) is 0. The van der Waals surface area contributed by atoms with Gasteiger partial charge in [-0.2, -0.15) is 23.0 Å². The van der Waals surface area contributed by atoms with Crippen LogP contribution in [0.4, 0.5) is 4.39 Å². The average Bonchev–Trinajstić information content (AvgIpc) is 3.08. The van der Waals surface area contributed by atoms with Gasteiger partial charge in [-0.3, -0.25) is 14.1 Å². The van der Waals surface area contributed by atoms with Crippen LogP contribution < -0.4 is 0 Å². The molecule has 3 unspecified atom stereocenters. The second kappa shape index (κ2) is 8.98. The number of hydrogen-bond donors (Lipinski definition) is 7. The quantitative estimate of drug-likeness (QED) is 0.127. The Labute approximate surface area is 180 Å². The number of aromatic amines is 1. The van der Waals surface area contributed by atoms with E-state index in [0.29, 0.717) is 0 Å². The minimum absolute atomic E-state index is 0.000921. The molecule has 17 nitrogen and oxygen atoms in total. The smallest absolute Gasteiger partial charge is 0.387 e. The summed E-state index contributed by atoms with van der Waals surface area (Å²) < 4.78 is 64.6. The number of halogens is 1. The molecule has 1 aliphatic rings. The molecule has 2 aromatic rings. The van der Waals surface area contributed by atoms with E-state index >= 15 is 0 Å². The molecule has 0 saturated carbocycles. The number of phosphoric ester groups is 1. The van der Waals surface area contributed by atoms with Gasteiger partial charge in [0.15, 0.2) is 11.9 Å². The van der Waals surface area contributed by atoms with Crippen molar-refractivity contribution >= 4 is 46.8 Å². The maximum atomic E-state index is 13.2. The molecule has 0 aromatic carbocycles. The lowest BCUT2D eigenvalue weighted by molar-refractivity contribution is -0.0531. The van der Waals surface area contributed by atoms with Crippen LogP contribution in [0, 0.1) is 10.8 Å². The van der Waals surface area contributed by atoms with Gasteiger partial charge >= 0.3 is 23.5 Å². The third-order valence-electron chi connectivity index (χ3n) is 3.80. The molecule has 0 bridgehead atoms. The van der Waals surface area contributed by atoms with E-state index in [0.717, 1.165) is 10.8 Å². The molecule has 180 valence electrons. The Morgan fingerprint density at radius 1 is 1.12 bits per heavy atom. The minimum atomic E-state index is -5.73. The third-order valence-corrected chi connectivity index (χ3v) is 7.91. The highest BCUT2D eigenvalue weighted by molar-refractivity contribution is 7.71. The van der Waals surface area contributed by atoms with Crippen molar-refractivity contribution in [2.24, 2.45) is 0 Å². The molecule has 22 heteroatoms. The zero-order chi connectivity index (χ0) is 24.1. The average molecular weight is 542 g/mol. The van der Waals surface area contributed by atoms with E-state index in [1.54, 1.807) is 0 Å². The monoisotopic (exact) mass is 542 g/mol. The molecule has 0 radical (unpaired) electrons. The van der Waals surface area contributed by atoms with Gasteiger partial charge in [0.1, 0.15) is 23.8 Å². The van der Waals surface area contributed by atoms with Crippen molar-refractivity contribution in [3.8, 4) is 0 Å². The number of aliphatic hydroxyl groups is 2. The van der Waals surface area contributed by atoms with Crippen molar-refractivity contribution in [3.05, 3.63) is 17.0 Å². The molecule has 0 spiro atoms. The van der Waals surface area contributed by atoms with E-state index in [1.165, 1.54) is 0 Å². The number of nitrogens with zero attached hydrogens (tertiary/aromatic N) is 3. The Hall–Kier alpha value is -1.01. The fourth-order valence-electron chi connectivity index (χ4n) is 2.61. The number of rotatable bonds is 8. The van der Waals surface area contributed by atoms with Crippen LogP contribution in [0.1, 0.15) is 6.23 Å². The van der Waals surface area contributed by atoms with Crippen LogP contribution in [-0.4, -0.2) is 74.2 Å². The third kappa shape index (κ3) is 6.11. The van der Waals surface area contributed by atoms with Gasteiger partial charge < -0.3 is 34.5 Å². The summed E-state index contributed by atoms with van der Waals surface area (Å²) in [6.07, 6.45) is -6.20. The van der Waals surface area contributed by atoms with Crippen LogP contribution in [-0.2, 0) is 31.6 Å². The number of hydrogen-bond acceptors (Lipinski definition) is 12. The van der Waals surface area contributed by atoms with Crippen molar-refractivity contribution in [2.45, 2.75) is 24.5 Å². The van der Waals surface area contributed by atoms with Crippen molar-refractivity contribution in [1.82, 2.24) is 19.5 Å². The Kier molecular flexibility index (Phi) is 7.18. The Morgan fingerprint density at radius 3 is 2.41 bits per heavy atom. The van der Waals surface area contributed by atoms with Gasteiger partial charge in [0.05, 0.1) is 6.61 Å². The number of H-pyrrole nitrogens is 1. The zero-order valence-corrected chi connectivity index (χ0v) is 18.6. The molecule has 1 saturated heterocycles. The van der Waals surface area contributed by atoms with Crippen LogP contribution in [0.15, 0.2) is 6.20 Å². The number of fused-ring (bicyclic) bond motifs is 1. The van der Waals surface area contributed by atoms with Gasteiger partial charge in [0.2, 0.25) is 4.77 Å². The zero-order valence-electron chi connectivity index (χ0n) is 15.1. The maximum absolute atomic E-state index is 13.2. The summed E-state index contributed by atoms with van der Waals surface area (Å²) in [5.41, 5.74) is -0.000836. The highest BCUT2D eigenvalue weighted by atomic mass is 32.1. The van der Waals surface area contributed by atoms with Gasteiger partial charge in [0.25, 0.3) is 6.08 Å². The number of aliphatic hydroxyl groups excluding tert-OH is 2. The van der Waals surface area contributed by atoms with Gasteiger partial charge in [-0.15, -0.1) is 0 Å². The summed E-state index contributed by atoms with van der Waals surface area (Å²) in [6, 6.07) is 0. The molecular formula is C10H14FN4O13P3S. The normalized spacial score (nSPS) is 28.0. The highest BCUT2D eigenvalue weighted by Gasteiger charge is 2.46. The molecule has 3 heterocycles. The van der Waals surface area contributed by atoms with E-state index in [9.17, 15) is 33.2 Å². The van der Waals surface area contributed by atoms with Crippen LogP contribution in [0.5, 0.6) is 0 Å². The summed E-state index contributed by atoms with van der Waals surface area (Å²) in [6.45, 7) is -1.02. The lowest BCUT2D eigenvalue weighted by atomic mass is 10.1. The number of phosphoric acid groups is 3. The first kappa shape index (κ1) is 25.6. The van der Waals surface area contributed by atoms with E-state index in [1.807, 2.05) is 0 Å². The SMILES string of the molecule is O=P(O)(O)OP(=O)(O)OP(=O)(O)OC[C@H]1O[C@@H](n2cc3nc(F)[nH]c3nc2=S)[C@@H](O)C1O. The second-order valence-electron chi connectivity index (χ2n) is 6.13. The fraction of sp³-hybridized carbons (Fsp3) is 0.500. The van der Waals surface area contributed by atoms with Crippen LogP contribution in [0.3, 0.4) is 0 Å². The molecule has 1 fully saturated rings. The van der Waals surface area contributed by atoms with Gasteiger partial charge in [0, 0.05) is 6.20 Å². The number of imidazole rings is 1. The number of ether oxygens (including phenoxy) is 1. The van der Waals surface area contributed by atoms with Crippen molar-refractivity contribution in [3.63, 3.8) is 0 Å². The fourth-order valence-corrected chi connectivity index (χ4v) is 5.89. The largest absolute Gasteiger partial charge is 0.490 e. The van der Waals surface area contributed by atoms with Gasteiger partial charge in [-0.05, 0) is 12.2 Å². The van der Waals surface area contributed by atoms with Crippen molar-refractivity contribution in [1.29, 1.82) is 0 Å². The highest BCUT2D eigenvalue weighted by Crippen LogP contribution is 2.66. The standard InChI is InChI=1S/C10H14FN4O13P3S/c11-9-12-3-1-15(10(32)14-7(3)13-9)8-6(17)5(16)4(26-8)2-25-30(21,22)28-31(23,24)27-29(18,19)20/h1,4-6,8,16-17H,2H2,(H,21,22)(H,23,24)(H2,18,19,20)(H,12,13,14,32)/t4-,5?,6+,8-/m1/s1. The molecule has 0 aliphatic carbocycles. The second-order valence-corrected chi connectivity index (χ2v) is 10.9. The van der Waals surface area contributed by atoms with E-state index < -0.39 is 60.7 Å². The van der Waals surface area contributed by atoms with Crippen LogP contribution in [0.2, 0.25) is 0 Å². The summed E-state index contributed by atoms with van der Waals surface area (Å²) >= 11 is 5.02. The molecule has 3 rings (SSSR count). The molecule has 2 aromatic heterocycles. The number of nitrogens with one attached hydrogen (secondary N) is 1. The molecule has 1 aliphatic heterocycles. The minimum Gasteiger partial charge on any atom is -0.387 e. The summed E-state index contributed by atoms with van der Waals surface area (Å²) in [4.78, 5) is 45.1. The topological polar surface area (TPSA) is 256 Å². The predicted molar refractivity (Wildman–Crippen MR) is 98.4 cm³/mol. The molecule has 0 amide bonds. The first-order valence-corrected chi connectivity index (χ1v) is 12.9. The first-order chi connectivity index (χ1) is 14.6. The Bertz CT molecular complexity index is 1220. The Balaban J connectivity index is 1.71. The summed E-state index contributed by atoms with van der Waals surface area (Å²) in [7, 11) is -16.8. The molecule has 32 heavy (non-hydrogen) atoms. The van der Waals surface area contributed by atoms with E-state index in [4.69, 9.17) is 31.6 Å². The molecule has 7 N–H and O–H groups in total. The van der Waals surface area contributed by atoms with Gasteiger partial charge in [-0.1, -0.05) is 0 Å². The van der Waals surface area contributed by atoms with E-state index in [-0.39, 0.29) is 15.9 Å². The lowest BCUT2D eigenvalue weighted by Crippen LogP contribution is -2.33. The summed E-state index contributed by atoms with van der Waals surface area (Å²) in [5, 5.41) is 20.4. The lowest BCUT2D eigenvalue weighted by Gasteiger charge is -2.19.